The van der Waals surface area contributed by atoms with Crippen LogP contribution >= 0.6 is 0 Å². The van der Waals surface area contributed by atoms with Crippen LogP contribution in [-0.4, -0.2) is 48.4 Å². The van der Waals surface area contributed by atoms with Gasteiger partial charge in [0, 0.05) is 18.0 Å². The lowest BCUT2D eigenvalue weighted by Gasteiger charge is -2.20. The highest BCUT2D eigenvalue weighted by atomic mass is 16.5. The van der Waals surface area contributed by atoms with Crippen molar-refractivity contribution in [2.75, 3.05) is 27.3 Å². The molecular formula is C20H24N4O3. The molecule has 3 aromatic rings. The minimum Gasteiger partial charge on any atom is -0.493 e. The summed E-state index contributed by atoms with van der Waals surface area (Å²) in [6, 6.07) is 7.72. The molecule has 0 radical (unpaired) electrons. The van der Waals surface area contributed by atoms with E-state index in [-0.39, 0.29) is 6.10 Å². The number of nitrogens with zero attached hydrogens (tertiary/aromatic N) is 2. The van der Waals surface area contributed by atoms with E-state index in [1.165, 1.54) is 0 Å². The Hall–Kier alpha value is -2.80. The Labute approximate surface area is 158 Å². The fraction of sp³-hybridized carbons (Fsp3) is 0.400. The molecule has 0 amide bonds. The molecule has 3 heterocycles. The number of nitrogens with one attached hydrogen (secondary N) is 2. The molecule has 1 saturated heterocycles. The molecule has 0 unspecified atom stereocenters. The minimum atomic E-state index is 0.0630. The summed E-state index contributed by atoms with van der Waals surface area (Å²) in [5.41, 5.74) is 3.35. The predicted octanol–water partition coefficient (Wildman–Crippen LogP) is 3.02. The lowest BCUT2D eigenvalue weighted by Crippen LogP contribution is -2.26. The highest BCUT2D eigenvalue weighted by Crippen LogP contribution is 2.34. The number of H-pyrrole nitrogens is 1. The van der Waals surface area contributed by atoms with Gasteiger partial charge in [0.05, 0.1) is 31.8 Å². The second-order valence-electron chi connectivity index (χ2n) is 6.76. The molecule has 2 N–H and O–H groups in total. The molecule has 7 heteroatoms. The molecule has 0 bridgehead atoms. The zero-order chi connectivity index (χ0) is 18.8. The van der Waals surface area contributed by atoms with Crippen LogP contribution in [0.5, 0.6) is 17.4 Å². The first kappa shape index (κ1) is 17.6. The second kappa shape index (κ2) is 7.44. The molecule has 0 aliphatic carbocycles. The van der Waals surface area contributed by atoms with Crippen molar-refractivity contribution in [3.8, 4) is 28.6 Å². The summed E-state index contributed by atoms with van der Waals surface area (Å²) in [5.74, 6) is 2.38. The number of aromatic nitrogens is 3. The molecular weight excluding hydrogens is 344 g/mol. The number of pyridine rings is 1. The number of methoxy groups -OCH3 is 2. The minimum absolute atomic E-state index is 0.0630. The Morgan fingerprint density at radius 1 is 1.15 bits per heavy atom. The van der Waals surface area contributed by atoms with Gasteiger partial charge in [0.1, 0.15) is 6.10 Å². The van der Waals surface area contributed by atoms with E-state index < -0.39 is 0 Å². The van der Waals surface area contributed by atoms with Crippen molar-refractivity contribution in [2.24, 2.45) is 5.92 Å². The third-order valence-electron chi connectivity index (χ3n) is 5.11. The van der Waals surface area contributed by atoms with Crippen LogP contribution in [0.4, 0.5) is 0 Å². The van der Waals surface area contributed by atoms with Gasteiger partial charge in [0.15, 0.2) is 17.0 Å². The molecule has 2 atom stereocenters. The van der Waals surface area contributed by atoms with Gasteiger partial charge >= 0.3 is 0 Å². The smallest absolute Gasteiger partial charge is 0.243 e. The van der Waals surface area contributed by atoms with E-state index in [4.69, 9.17) is 19.2 Å². The van der Waals surface area contributed by atoms with Crippen LogP contribution in [0.15, 0.2) is 30.6 Å². The molecule has 1 aliphatic heterocycles. The fourth-order valence-corrected chi connectivity index (χ4v) is 3.49. The Balaban J connectivity index is 1.72. The Bertz CT molecular complexity index is 934. The van der Waals surface area contributed by atoms with E-state index in [1.807, 2.05) is 24.3 Å². The van der Waals surface area contributed by atoms with Crippen molar-refractivity contribution in [3.63, 3.8) is 0 Å². The zero-order valence-electron chi connectivity index (χ0n) is 15.8. The van der Waals surface area contributed by atoms with Gasteiger partial charge in [-0.3, -0.25) is 0 Å². The molecule has 2 aromatic heterocycles. The molecule has 1 fully saturated rings. The topological polar surface area (TPSA) is 81.3 Å². The van der Waals surface area contributed by atoms with Crippen molar-refractivity contribution >= 4 is 11.0 Å². The molecule has 0 spiro atoms. The number of fused-ring (bicyclic) bond motifs is 1. The number of hydrogen-bond donors (Lipinski definition) is 2. The van der Waals surface area contributed by atoms with Crippen LogP contribution in [0.3, 0.4) is 0 Å². The first-order chi connectivity index (χ1) is 13.2. The molecule has 7 nitrogen and oxygen atoms in total. The number of benzene rings is 1. The summed E-state index contributed by atoms with van der Waals surface area (Å²) < 4.78 is 17.0. The van der Waals surface area contributed by atoms with Gasteiger partial charge in [-0.15, -0.1) is 0 Å². The Morgan fingerprint density at radius 2 is 2.00 bits per heavy atom. The summed E-state index contributed by atoms with van der Waals surface area (Å²) in [5, 5.41) is 3.38. The summed E-state index contributed by atoms with van der Waals surface area (Å²) in [4.78, 5) is 12.3. The second-order valence-corrected chi connectivity index (χ2v) is 6.76. The van der Waals surface area contributed by atoms with Crippen LogP contribution < -0.4 is 19.5 Å². The monoisotopic (exact) mass is 368 g/mol. The molecule has 4 rings (SSSR count). The van der Waals surface area contributed by atoms with E-state index in [1.54, 1.807) is 20.5 Å². The number of hydrogen-bond acceptors (Lipinski definition) is 6. The highest BCUT2D eigenvalue weighted by Gasteiger charge is 2.24. The number of ether oxygens (including phenoxy) is 3. The van der Waals surface area contributed by atoms with E-state index in [0.717, 1.165) is 41.8 Å². The third kappa shape index (κ3) is 3.42. The first-order valence-electron chi connectivity index (χ1n) is 9.13. The lowest BCUT2D eigenvalue weighted by atomic mass is 10.0. The fourth-order valence-electron chi connectivity index (χ4n) is 3.49. The summed E-state index contributed by atoms with van der Waals surface area (Å²) in [7, 11) is 3.25. The zero-order valence-corrected chi connectivity index (χ0v) is 15.8. The van der Waals surface area contributed by atoms with E-state index in [9.17, 15) is 0 Å². The molecule has 27 heavy (non-hydrogen) atoms. The van der Waals surface area contributed by atoms with E-state index in [0.29, 0.717) is 23.3 Å². The van der Waals surface area contributed by atoms with Crippen molar-refractivity contribution in [3.05, 3.63) is 30.6 Å². The average molecular weight is 368 g/mol. The molecule has 1 aromatic carbocycles. The molecule has 0 saturated carbocycles. The summed E-state index contributed by atoms with van der Waals surface area (Å²) in [6.07, 6.45) is 2.84. The van der Waals surface area contributed by atoms with Gasteiger partial charge in [0.25, 0.3) is 0 Å². The van der Waals surface area contributed by atoms with Crippen molar-refractivity contribution in [1.82, 2.24) is 20.3 Å². The van der Waals surface area contributed by atoms with Gasteiger partial charge in [0.2, 0.25) is 5.88 Å². The van der Waals surface area contributed by atoms with Crippen molar-refractivity contribution in [2.45, 2.75) is 19.4 Å². The van der Waals surface area contributed by atoms with Crippen LogP contribution in [0.1, 0.15) is 13.3 Å². The van der Waals surface area contributed by atoms with Crippen molar-refractivity contribution in [1.29, 1.82) is 0 Å². The number of imidazole rings is 1. The van der Waals surface area contributed by atoms with Crippen LogP contribution in [-0.2, 0) is 0 Å². The molecule has 1 aliphatic rings. The Kier molecular flexibility index (Phi) is 4.85. The Morgan fingerprint density at radius 3 is 2.74 bits per heavy atom. The first-order valence-corrected chi connectivity index (χ1v) is 9.13. The van der Waals surface area contributed by atoms with Crippen molar-refractivity contribution < 1.29 is 14.2 Å². The van der Waals surface area contributed by atoms with Crippen LogP contribution in [0, 0.1) is 5.92 Å². The summed E-state index contributed by atoms with van der Waals surface area (Å²) in [6.45, 7) is 4.11. The van der Waals surface area contributed by atoms with Gasteiger partial charge in [-0.25, -0.2) is 9.97 Å². The average Bonchev–Trinajstić information content (AvgIpc) is 3.39. The standard InChI is InChI=1S/C20H24N4O3/c1-12(14-6-7-21-10-14)27-20-19-16(22-11-23-19)9-15(24-20)13-4-5-17(25-2)18(8-13)26-3/h4-5,8-9,11-12,14,21H,6-7,10H2,1-3H3,(H,22,23)/t12-,14-/m1/s1. The van der Waals surface area contributed by atoms with Crippen LogP contribution in [0.25, 0.3) is 22.3 Å². The highest BCUT2D eigenvalue weighted by molar-refractivity contribution is 5.84. The lowest BCUT2D eigenvalue weighted by molar-refractivity contribution is 0.157. The predicted molar refractivity (Wildman–Crippen MR) is 103 cm³/mol. The maximum atomic E-state index is 6.24. The maximum Gasteiger partial charge on any atom is 0.243 e. The van der Waals surface area contributed by atoms with E-state index in [2.05, 4.69) is 22.2 Å². The quantitative estimate of drug-likeness (QED) is 0.696. The maximum absolute atomic E-state index is 6.24. The summed E-state index contributed by atoms with van der Waals surface area (Å²) >= 11 is 0. The van der Waals surface area contributed by atoms with E-state index >= 15 is 0 Å². The number of aromatic amines is 1. The van der Waals surface area contributed by atoms with Gasteiger partial charge in [-0.1, -0.05) is 0 Å². The van der Waals surface area contributed by atoms with Gasteiger partial charge in [-0.2, -0.15) is 0 Å². The van der Waals surface area contributed by atoms with Gasteiger partial charge in [-0.05, 0) is 44.2 Å². The van der Waals surface area contributed by atoms with Gasteiger partial charge < -0.3 is 24.5 Å². The van der Waals surface area contributed by atoms with Crippen LogP contribution in [0.2, 0.25) is 0 Å². The normalized spacial score (nSPS) is 17.8. The third-order valence-corrected chi connectivity index (χ3v) is 5.11. The SMILES string of the molecule is COc1ccc(-c2cc3[nH]cnc3c(O[C@H](C)[C@@H]3CCNC3)n2)cc1OC. The largest absolute Gasteiger partial charge is 0.493 e. The molecule has 142 valence electrons. The number of rotatable bonds is 6.